The van der Waals surface area contributed by atoms with Crippen LogP contribution in [-0.4, -0.2) is 31.1 Å². The molecule has 1 heterocycles. The molecule has 1 aromatic carbocycles. The molecule has 0 unspecified atom stereocenters. The summed E-state index contributed by atoms with van der Waals surface area (Å²) in [7, 11) is 0. The standard InChI is InChI=1S/C19H32N2/c1-4-20-14-18-9-11-21(12-10-18)15-19-7-5-17(6-8-19)13-16(2)3/h5-8,16,18,20H,4,9-15H2,1-3H3. The number of piperidine rings is 1. The maximum Gasteiger partial charge on any atom is 0.0233 e. The third kappa shape index (κ3) is 5.80. The summed E-state index contributed by atoms with van der Waals surface area (Å²) in [5.41, 5.74) is 2.94. The summed E-state index contributed by atoms with van der Waals surface area (Å²) in [6, 6.07) is 9.27. The van der Waals surface area contributed by atoms with Gasteiger partial charge in [0.1, 0.15) is 0 Å². The van der Waals surface area contributed by atoms with E-state index in [4.69, 9.17) is 0 Å². The van der Waals surface area contributed by atoms with Crippen LogP contribution in [0.15, 0.2) is 24.3 Å². The van der Waals surface area contributed by atoms with E-state index in [0.717, 1.165) is 24.9 Å². The molecule has 1 aromatic rings. The Morgan fingerprint density at radius 1 is 1.10 bits per heavy atom. The summed E-state index contributed by atoms with van der Waals surface area (Å²) in [6.45, 7) is 12.7. The van der Waals surface area contributed by atoms with Gasteiger partial charge in [-0.15, -0.1) is 0 Å². The first-order valence-electron chi connectivity index (χ1n) is 8.68. The number of hydrogen-bond donors (Lipinski definition) is 1. The fourth-order valence-electron chi connectivity index (χ4n) is 3.21. The van der Waals surface area contributed by atoms with Crippen molar-refractivity contribution < 1.29 is 0 Å². The van der Waals surface area contributed by atoms with E-state index in [-0.39, 0.29) is 0 Å². The fourth-order valence-corrected chi connectivity index (χ4v) is 3.21. The van der Waals surface area contributed by atoms with Crippen molar-refractivity contribution in [2.24, 2.45) is 11.8 Å². The molecule has 2 heteroatoms. The van der Waals surface area contributed by atoms with Crippen LogP contribution in [0.25, 0.3) is 0 Å². The van der Waals surface area contributed by atoms with Gasteiger partial charge in [0.05, 0.1) is 0 Å². The Balaban J connectivity index is 1.75. The Bertz CT molecular complexity index is 389. The van der Waals surface area contributed by atoms with E-state index in [1.54, 1.807) is 0 Å². The quantitative estimate of drug-likeness (QED) is 0.823. The van der Waals surface area contributed by atoms with Crippen molar-refractivity contribution >= 4 is 0 Å². The van der Waals surface area contributed by atoms with Gasteiger partial charge in [-0.05, 0) is 68.4 Å². The number of benzene rings is 1. The second-order valence-corrected chi connectivity index (χ2v) is 6.94. The number of nitrogens with one attached hydrogen (secondary N) is 1. The monoisotopic (exact) mass is 288 g/mol. The summed E-state index contributed by atoms with van der Waals surface area (Å²) >= 11 is 0. The molecule has 2 nitrogen and oxygen atoms in total. The van der Waals surface area contributed by atoms with Crippen molar-refractivity contribution in [3.8, 4) is 0 Å². The molecule has 0 saturated carbocycles. The molecule has 0 amide bonds. The molecule has 1 aliphatic rings. The fraction of sp³-hybridized carbons (Fsp3) is 0.684. The maximum atomic E-state index is 3.49. The minimum Gasteiger partial charge on any atom is -0.317 e. The van der Waals surface area contributed by atoms with Gasteiger partial charge in [-0.25, -0.2) is 0 Å². The van der Waals surface area contributed by atoms with E-state index in [1.807, 2.05) is 0 Å². The van der Waals surface area contributed by atoms with Crippen LogP contribution in [0.2, 0.25) is 0 Å². The second kappa shape index (κ2) is 8.55. The highest BCUT2D eigenvalue weighted by Crippen LogP contribution is 2.19. The Hall–Kier alpha value is -0.860. The summed E-state index contributed by atoms with van der Waals surface area (Å²) in [5.74, 6) is 1.63. The van der Waals surface area contributed by atoms with Gasteiger partial charge >= 0.3 is 0 Å². The number of hydrogen-bond acceptors (Lipinski definition) is 2. The molecule has 0 bridgehead atoms. The minimum atomic E-state index is 0.742. The van der Waals surface area contributed by atoms with Gasteiger partial charge < -0.3 is 5.32 Å². The number of nitrogens with zero attached hydrogens (tertiary/aromatic N) is 1. The van der Waals surface area contributed by atoms with Gasteiger partial charge in [0.2, 0.25) is 0 Å². The van der Waals surface area contributed by atoms with Crippen LogP contribution in [-0.2, 0) is 13.0 Å². The SMILES string of the molecule is CCNCC1CCN(Cc2ccc(CC(C)C)cc2)CC1. The summed E-state index contributed by atoms with van der Waals surface area (Å²) in [4.78, 5) is 2.61. The van der Waals surface area contributed by atoms with Crippen molar-refractivity contribution in [3.05, 3.63) is 35.4 Å². The van der Waals surface area contributed by atoms with E-state index < -0.39 is 0 Å². The lowest BCUT2D eigenvalue weighted by Crippen LogP contribution is -2.36. The van der Waals surface area contributed by atoms with E-state index in [9.17, 15) is 0 Å². The molecule has 118 valence electrons. The van der Waals surface area contributed by atoms with Crippen LogP contribution >= 0.6 is 0 Å². The molecule has 0 radical (unpaired) electrons. The zero-order valence-corrected chi connectivity index (χ0v) is 14.1. The zero-order chi connectivity index (χ0) is 15.1. The van der Waals surface area contributed by atoms with Gasteiger partial charge in [0.15, 0.2) is 0 Å². The third-order valence-electron chi connectivity index (χ3n) is 4.46. The minimum absolute atomic E-state index is 0.742. The molecule has 0 aromatic heterocycles. The van der Waals surface area contributed by atoms with E-state index in [2.05, 4.69) is 55.3 Å². The molecule has 1 saturated heterocycles. The Labute approximate surface area is 130 Å². The lowest BCUT2D eigenvalue weighted by molar-refractivity contribution is 0.176. The number of rotatable bonds is 7. The molecule has 0 spiro atoms. The lowest BCUT2D eigenvalue weighted by atomic mass is 9.96. The summed E-state index contributed by atoms with van der Waals surface area (Å²) in [5, 5.41) is 3.49. The highest BCUT2D eigenvalue weighted by atomic mass is 15.1. The number of likely N-dealkylation sites (tertiary alicyclic amines) is 1. The molecule has 1 aliphatic heterocycles. The van der Waals surface area contributed by atoms with Crippen molar-refractivity contribution in [3.63, 3.8) is 0 Å². The van der Waals surface area contributed by atoms with E-state index >= 15 is 0 Å². The van der Waals surface area contributed by atoms with Crippen LogP contribution in [0, 0.1) is 11.8 Å². The average molecular weight is 288 g/mol. The van der Waals surface area contributed by atoms with Crippen LogP contribution < -0.4 is 5.32 Å². The first-order valence-corrected chi connectivity index (χ1v) is 8.68. The van der Waals surface area contributed by atoms with Crippen molar-refractivity contribution in [2.75, 3.05) is 26.2 Å². The van der Waals surface area contributed by atoms with Crippen molar-refractivity contribution in [1.82, 2.24) is 10.2 Å². The van der Waals surface area contributed by atoms with Crippen LogP contribution in [0.5, 0.6) is 0 Å². The smallest absolute Gasteiger partial charge is 0.0233 e. The van der Waals surface area contributed by atoms with Gasteiger partial charge in [-0.1, -0.05) is 45.0 Å². The third-order valence-corrected chi connectivity index (χ3v) is 4.46. The maximum absolute atomic E-state index is 3.49. The Morgan fingerprint density at radius 2 is 1.71 bits per heavy atom. The largest absolute Gasteiger partial charge is 0.317 e. The van der Waals surface area contributed by atoms with Gasteiger partial charge in [0.25, 0.3) is 0 Å². The Kier molecular flexibility index (Phi) is 6.72. The van der Waals surface area contributed by atoms with Gasteiger partial charge in [-0.3, -0.25) is 4.90 Å². The molecule has 0 aliphatic carbocycles. The summed E-state index contributed by atoms with van der Waals surface area (Å²) < 4.78 is 0. The molecular formula is C19H32N2. The van der Waals surface area contributed by atoms with Gasteiger partial charge in [-0.2, -0.15) is 0 Å². The van der Waals surface area contributed by atoms with Gasteiger partial charge in [0, 0.05) is 6.54 Å². The Morgan fingerprint density at radius 3 is 2.29 bits per heavy atom. The highest BCUT2D eigenvalue weighted by Gasteiger charge is 2.18. The first kappa shape index (κ1) is 16.5. The molecular weight excluding hydrogens is 256 g/mol. The topological polar surface area (TPSA) is 15.3 Å². The van der Waals surface area contributed by atoms with Crippen LogP contribution in [0.4, 0.5) is 0 Å². The molecule has 1 fully saturated rings. The van der Waals surface area contributed by atoms with Crippen LogP contribution in [0.3, 0.4) is 0 Å². The normalized spacial score (nSPS) is 17.5. The second-order valence-electron chi connectivity index (χ2n) is 6.94. The van der Waals surface area contributed by atoms with E-state index in [0.29, 0.717) is 0 Å². The van der Waals surface area contributed by atoms with Crippen molar-refractivity contribution in [1.29, 1.82) is 0 Å². The predicted octanol–water partition coefficient (Wildman–Crippen LogP) is 3.71. The predicted molar refractivity (Wildman–Crippen MR) is 91.5 cm³/mol. The first-order chi connectivity index (χ1) is 10.2. The molecule has 21 heavy (non-hydrogen) atoms. The molecule has 2 rings (SSSR count). The highest BCUT2D eigenvalue weighted by molar-refractivity contribution is 5.22. The lowest BCUT2D eigenvalue weighted by Gasteiger charge is -2.32. The van der Waals surface area contributed by atoms with Crippen LogP contribution in [0.1, 0.15) is 44.7 Å². The summed E-state index contributed by atoms with van der Waals surface area (Å²) in [6.07, 6.45) is 3.88. The van der Waals surface area contributed by atoms with E-state index in [1.165, 1.54) is 50.0 Å². The average Bonchev–Trinajstić information content (AvgIpc) is 2.48. The molecule has 0 atom stereocenters. The zero-order valence-electron chi connectivity index (χ0n) is 14.1. The molecule has 1 N–H and O–H groups in total. The van der Waals surface area contributed by atoms with Crippen molar-refractivity contribution in [2.45, 2.75) is 46.6 Å².